The summed E-state index contributed by atoms with van der Waals surface area (Å²) < 4.78 is 19.3. The van der Waals surface area contributed by atoms with E-state index in [1.807, 2.05) is 6.92 Å². The lowest BCUT2D eigenvalue weighted by Crippen LogP contribution is -2.42. The maximum atomic E-state index is 13.7. The van der Waals surface area contributed by atoms with Crippen molar-refractivity contribution in [1.29, 1.82) is 0 Å². The Balaban J connectivity index is 1.90. The van der Waals surface area contributed by atoms with E-state index in [4.69, 9.17) is 10.5 Å². The summed E-state index contributed by atoms with van der Waals surface area (Å²) in [7, 11) is 0. The van der Waals surface area contributed by atoms with Crippen LogP contribution in [0.25, 0.3) is 0 Å². The highest BCUT2D eigenvalue weighted by atomic mass is 19.1. The van der Waals surface area contributed by atoms with Gasteiger partial charge in [-0.2, -0.15) is 0 Å². The molecule has 1 atom stereocenters. The monoisotopic (exact) mass is 289 g/mol. The number of ether oxygens (including phenoxy) is 1. The van der Waals surface area contributed by atoms with Crippen LogP contribution in [0.1, 0.15) is 11.1 Å². The van der Waals surface area contributed by atoms with E-state index < -0.39 is 5.82 Å². The number of pyridine rings is 1. The summed E-state index contributed by atoms with van der Waals surface area (Å²) in [5.74, 6) is 0.603. The quantitative estimate of drug-likeness (QED) is 0.888. The summed E-state index contributed by atoms with van der Waals surface area (Å²) in [5.41, 5.74) is 7.54. The van der Waals surface area contributed by atoms with Gasteiger partial charge in [0.25, 0.3) is 0 Å². The average molecular weight is 289 g/mol. The summed E-state index contributed by atoms with van der Waals surface area (Å²) in [6.45, 7) is 2.20. The number of aromatic nitrogens is 1. The summed E-state index contributed by atoms with van der Waals surface area (Å²) in [6.07, 6.45) is 2.05. The average Bonchev–Trinajstić information content (AvgIpc) is 2.42. The molecule has 0 saturated heterocycles. The fourth-order valence-corrected chi connectivity index (χ4v) is 2.39. The van der Waals surface area contributed by atoms with Crippen LogP contribution in [0.15, 0.2) is 30.5 Å². The lowest BCUT2D eigenvalue weighted by atomic mass is 10.0. The molecule has 0 fully saturated rings. The Labute approximate surface area is 121 Å². The first-order valence-electron chi connectivity index (χ1n) is 6.68. The van der Waals surface area contributed by atoms with Crippen molar-refractivity contribution in [2.24, 2.45) is 5.73 Å². The van der Waals surface area contributed by atoms with Gasteiger partial charge in [0.05, 0.1) is 12.7 Å². The van der Waals surface area contributed by atoms with Crippen molar-refractivity contribution < 1.29 is 14.3 Å². The van der Waals surface area contributed by atoms with E-state index in [1.165, 1.54) is 12.3 Å². The van der Waals surface area contributed by atoms with Crippen molar-refractivity contribution in [3.8, 4) is 11.5 Å². The van der Waals surface area contributed by atoms with Gasteiger partial charge in [-0.3, -0.25) is 5.21 Å². The lowest BCUT2D eigenvalue weighted by molar-refractivity contribution is 0.234. The first-order chi connectivity index (χ1) is 10.0. The van der Waals surface area contributed by atoms with Gasteiger partial charge in [0.15, 0.2) is 17.4 Å². The number of fused-ring (bicyclic) bond motifs is 1. The molecule has 1 aliphatic heterocycles. The minimum absolute atomic E-state index is 0.151. The molecular weight excluding hydrogens is 273 g/mol. The second-order valence-electron chi connectivity index (χ2n) is 5.24. The zero-order valence-electron chi connectivity index (χ0n) is 11.6. The van der Waals surface area contributed by atoms with E-state index in [0.29, 0.717) is 24.5 Å². The van der Waals surface area contributed by atoms with Crippen LogP contribution in [0.3, 0.4) is 0 Å². The second kappa shape index (κ2) is 5.31. The summed E-state index contributed by atoms with van der Waals surface area (Å²) in [5, 5.41) is 10.8. The zero-order chi connectivity index (χ0) is 15.0. The van der Waals surface area contributed by atoms with E-state index in [1.54, 1.807) is 18.2 Å². The van der Waals surface area contributed by atoms with E-state index in [2.05, 4.69) is 4.98 Å². The molecule has 0 bridgehead atoms. The third-order valence-electron chi connectivity index (χ3n) is 3.37. The Morgan fingerprint density at radius 1 is 1.43 bits per heavy atom. The molecule has 0 spiro atoms. The Morgan fingerprint density at radius 3 is 3.05 bits per heavy atom. The van der Waals surface area contributed by atoms with Crippen LogP contribution in [-0.4, -0.2) is 22.8 Å². The maximum absolute atomic E-state index is 13.7. The fourth-order valence-electron chi connectivity index (χ4n) is 2.39. The highest BCUT2D eigenvalue weighted by molar-refractivity contribution is 5.50. The van der Waals surface area contributed by atoms with E-state index in [-0.39, 0.29) is 11.8 Å². The molecule has 2 aromatic rings. The first-order valence-corrected chi connectivity index (χ1v) is 6.68. The van der Waals surface area contributed by atoms with Crippen molar-refractivity contribution in [2.45, 2.75) is 19.4 Å². The summed E-state index contributed by atoms with van der Waals surface area (Å²) in [4.78, 5) is 4.16. The third kappa shape index (κ3) is 2.81. The third-order valence-corrected chi connectivity index (χ3v) is 3.37. The number of hydrogen-bond donors (Lipinski definition) is 2. The van der Waals surface area contributed by atoms with Crippen molar-refractivity contribution in [1.82, 2.24) is 4.98 Å². The Bertz CT molecular complexity index is 678. The minimum atomic E-state index is -0.432. The number of anilines is 1. The molecule has 1 aromatic carbocycles. The Hall–Kier alpha value is -2.18. The van der Waals surface area contributed by atoms with Crippen LogP contribution in [0.2, 0.25) is 0 Å². The van der Waals surface area contributed by atoms with Gasteiger partial charge in [0.2, 0.25) is 0 Å². The number of aryl methyl sites for hydroxylation is 1. The van der Waals surface area contributed by atoms with Gasteiger partial charge in [0, 0.05) is 11.6 Å². The van der Waals surface area contributed by atoms with Gasteiger partial charge in [-0.15, -0.1) is 0 Å². The van der Waals surface area contributed by atoms with E-state index in [0.717, 1.165) is 16.2 Å². The van der Waals surface area contributed by atoms with Gasteiger partial charge in [-0.05, 0) is 37.1 Å². The lowest BCUT2D eigenvalue weighted by Gasteiger charge is -2.28. The molecule has 3 rings (SSSR count). The van der Waals surface area contributed by atoms with Crippen molar-refractivity contribution in [3.63, 3.8) is 0 Å². The maximum Gasteiger partial charge on any atom is 0.165 e. The normalized spacial score (nSPS) is 17.5. The van der Waals surface area contributed by atoms with E-state index in [9.17, 15) is 9.60 Å². The van der Waals surface area contributed by atoms with Crippen molar-refractivity contribution >= 4 is 5.82 Å². The number of nitrogens with two attached hydrogens (primary N) is 1. The molecule has 0 aliphatic carbocycles. The SMILES string of the molecule is Cc1ccc(F)c(Oc2cnc3c(c2)C[C@H](N)CN3O)c1. The summed E-state index contributed by atoms with van der Waals surface area (Å²) in [6, 6.07) is 6.22. The molecule has 2 heterocycles. The topological polar surface area (TPSA) is 71.6 Å². The van der Waals surface area contributed by atoms with Crippen LogP contribution >= 0.6 is 0 Å². The highest BCUT2D eigenvalue weighted by Crippen LogP contribution is 2.30. The van der Waals surface area contributed by atoms with Crippen molar-refractivity contribution in [3.05, 3.63) is 47.4 Å². The smallest absolute Gasteiger partial charge is 0.165 e. The van der Waals surface area contributed by atoms with E-state index >= 15 is 0 Å². The highest BCUT2D eigenvalue weighted by Gasteiger charge is 2.23. The number of rotatable bonds is 2. The largest absolute Gasteiger partial charge is 0.453 e. The molecule has 0 saturated carbocycles. The predicted octanol–water partition coefficient (Wildman–Crippen LogP) is 2.40. The first kappa shape index (κ1) is 13.8. The molecule has 0 radical (unpaired) electrons. The molecule has 6 heteroatoms. The van der Waals surface area contributed by atoms with Crippen molar-refractivity contribution in [2.75, 3.05) is 11.6 Å². The molecule has 3 N–H and O–H groups in total. The standard InChI is InChI=1S/C15H16FN3O2/c1-9-2-3-13(16)14(4-9)21-12-6-10-5-11(17)8-19(20)15(10)18-7-12/h2-4,6-7,11,20H,5,8,17H2,1H3/t11-/m0/s1. The van der Waals surface area contributed by atoms with Gasteiger partial charge in [0.1, 0.15) is 5.75 Å². The fraction of sp³-hybridized carbons (Fsp3) is 0.267. The number of hydrogen-bond acceptors (Lipinski definition) is 5. The predicted molar refractivity (Wildman–Crippen MR) is 76.3 cm³/mol. The molecule has 0 amide bonds. The molecule has 110 valence electrons. The molecule has 1 aromatic heterocycles. The molecular formula is C15H16FN3O2. The second-order valence-corrected chi connectivity index (χ2v) is 5.24. The van der Waals surface area contributed by atoms with Crippen LogP contribution < -0.4 is 15.5 Å². The van der Waals surface area contributed by atoms with Crippen LogP contribution in [-0.2, 0) is 6.42 Å². The van der Waals surface area contributed by atoms with Crippen LogP contribution in [0.5, 0.6) is 11.5 Å². The number of halogens is 1. The van der Waals surface area contributed by atoms with Gasteiger partial charge < -0.3 is 10.5 Å². The number of benzene rings is 1. The molecule has 5 nitrogen and oxygen atoms in total. The molecule has 0 unspecified atom stereocenters. The number of nitrogens with zero attached hydrogens (tertiary/aromatic N) is 2. The number of hydroxylamine groups is 1. The van der Waals surface area contributed by atoms with Gasteiger partial charge >= 0.3 is 0 Å². The Kier molecular flexibility index (Phi) is 3.48. The molecule has 1 aliphatic rings. The summed E-state index contributed by atoms with van der Waals surface area (Å²) >= 11 is 0. The Morgan fingerprint density at radius 2 is 2.24 bits per heavy atom. The van der Waals surface area contributed by atoms with Crippen LogP contribution in [0, 0.1) is 12.7 Å². The van der Waals surface area contributed by atoms with Gasteiger partial charge in [-0.25, -0.2) is 14.4 Å². The minimum Gasteiger partial charge on any atom is -0.453 e. The zero-order valence-corrected chi connectivity index (χ0v) is 11.6. The van der Waals surface area contributed by atoms with Gasteiger partial charge in [-0.1, -0.05) is 6.07 Å². The van der Waals surface area contributed by atoms with Crippen LogP contribution in [0.4, 0.5) is 10.2 Å². The molecule has 21 heavy (non-hydrogen) atoms.